The van der Waals surface area contributed by atoms with E-state index in [0.717, 1.165) is 42.9 Å². The van der Waals surface area contributed by atoms with Gasteiger partial charge >= 0.3 is 5.97 Å². The number of carbonyl (C=O) groups excluding carboxylic acids is 12. The molecule has 11 atom stereocenters. The number of benzene rings is 1. The SMILES string of the molecule is CCC(C)[C@@H]1NC(=O)[C@H](CCCN=C(N)N)NC(=O)CNC(=O)CNC(=O)[C@H](CC2CCCCC2)NC(=O)CCSSC[C@@H](C(N)=O)NC(=O)[C@@H](CCCN=C(N)N)NC(=O)[C@H](Cc2ccccc2)NC(=O)[C@H](C(C)CC)NC(=O)[C@H](CCCN=C(N)N)NC(=O)[C@H](CC(=O)O)NC1=O. The van der Waals surface area contributed by atoms with E-state index < -0.39 is 163 Å². The lowest BCUT2D eigenvalue weighted by atomic mass is 9.84. The highest BCUT2D eigenvalue weighted by Crippen LogP contribution is 2.28. The summed E-state index contributed by atoms with van der Waals surface area (Å²) in [5.74, 6) is -14.2. The smallest absolute Gasteiger partial charge is 0.305 e. The van der Waals surface area contributed by atoms with Crippen molar-refractivity contribution in [1.29, 1.82) is 0 Å². The normalized spacial score (nSPS) is 24.1. The first-order chi connectivity index (χ1) is 47.0. The van der Waals surface area contributed by atoms with E-state index in [4.69, 9.17) is 40.1 Å². The van der Waals surface area contributed by atoms with Crippen LogP contribution in [0.25, 0.3) is 0 Å². The number of guanidine groups is 3. The number of aliphatic imine (C=N–C) groups is 3. The van der Waals surface area contributed by atoms with Crippen LogP contribution in [0.1, 0.15) is 136 Å². The molecule has 2 fully saturated rings. The lowest BCUT2D eigenvalue weighted by Crippen LogP contribution is -2.62. The van der Waals surface area contributed by atoms with E-state index in [-0.39, 0.29) is 126 Å². The number of hydrogen-bond donors (Lipinski definition) is 19. The van der Waals surface area contributed by atoms with Gasteiger partial charge in [-0.1, -0.05) is 125 Å². The maximum Gasteiger partial charge on any atom is 0.305 e. The number of amides is 12. The van der Waals surface area contributed by atoms with E-state index in [1.54, 1.807) is 58.0 Å². The van der Waals surface area contributed by atoms with Crippen molar-refractivity contribution in [3.63, 3.8) is 0 Å². The number of nitrogens with zero attached hydrogens (tertiary/aromatic N) is 3. The van der Waals surface area contributed by atoms with Crippen molar-refractivity contribution in [3.05, 3.63) is 35.9 Å². The molecule has 26 N–H and O–H groups in total. The van der Waals surface area contributed by atoms with Crippen LogP contribution >= 0.6 is 21.6 Å². The van der Waals surface area contributed by atoms with Gasteiger partial charge in [0, 0.05) is 44.0 Å². The molecule has 37 heteroatoms. The summed E-state index contributed by atoms with van der Waals surface area (Å²) in [5.41, 5.74) is 39.7. The topological polar surface area (TPSA) is 594 Å². The van der Waals surface area contributed by atoms with Gasteiger partial charge in [0.1, 0.15) is 54.4 Å². The molecule has 1 aliphatic carbocycles. The third-order valence-corrected chi connectivity index (χ3v) is 18.9. The van der Waals surface area contributed by atoms with Crippen LogP contribution in [0.5, 0.6) is 0 Å². The van der Waals surface area contributed by atoms with Crippen LogP contribution in [-0.4, -0.2) is 198 Å². The second-order valence-corrected chi connectivity index (χ2v) is 27.0. The molecule has 1 saturated heterocycles. The second kappa shape index (κ2) is 45.4. The maximum atomic E-state index is 14.8. The fourth-order valence-corrected chi connectivity index (χ4v) is 12.7. The Kier molecular flexibility index (Phi) is 38.6. The molecule has 2 unspecified atom stereocenters. The van der Waals surface area contributed by atoms with Gasteiger partial charge in [-0.15, -0.1) is 0 Å². The van der Waals surface area contributed by atoms with Gasteiger partial charge in [-0.3, -0.25) is 77.3 Å². The summed E-state index contributed by atoms with van der Waals surface area (Å²) in [6.07, 6.45) is 3.71. The van der Waals surface area contributed by atoms with Gasteiger partial charge in [-0.2, -0.15) is 0 Å². The zero-order valence-electron chi connectivity index (χ0n) is 56.7. The van der Waals surface area contributed by atoms with Crippen LogP contribution < -0.4 is 98.6 Å². The van der Waals surface area contributed by atoms with Crippen molar-refractivity contribution in [2.75, 3.05) is 44.2 Å². The Hall–Kier alpha value is -9.16. The molecule has 12 amide bonds. The maximum absolute atomic E-state index is 14.8. The molecular formula is C62H103N21O14S2. The summed E-state index contributed by atoms with van der Waals surface area (Å²) >= 11 is 0. The number of nitrogens with one attached hydrogen (secondary N) is 11. The van der Waals surface area contributed by atoms with Crippen molar-refractivity contribution in [2.45, 2.75) is 191 Å². The molecule has 0 spiro atoms. The van der Waals surface area contributed by atoms with Crippen LogP contribution in [0.4, 0.5) is 0 Å². The fraction of sp³-hybridized carbons (Fsp3) is 0.645. The molecule has 1 heterocycles. The van der Waals surface area contributed by atoms with Gasteiger partial charge < -0.3 is 104 Å². The highest BCUT2D eigenvalue weighted by Gasteiger charge is 2.38. The summed E-state index contributed by atoms with van der Waals surface area (Å²) in [7, 11) is 2.27. The van der Waals surface area contributed by atoms with Crippen molar-refractivity contribution in [3.8, 4) is 0 Å². The van der Waals surface area contributed by atoms with Crippen LogP contribution in [0.3, 0.4) is 0 Å². The van der Waals surface area contributed by atoms with Crippen molar-refractivity contribution >= 4 is 116 Å². The number of carboxylic acids is 1. The van der Waals surface area contributed by atoms with Crippen LogP contribution in [0, 0.1) is 17.8 Å². The standard InChI is InChI=1S/C62H103N21O14S2/c1-5-34(3)49-58(96)79-42(29-37-18-11-8-12-19-37)56(94)77-39(21-14-25-71-61(66)67)53(91)81-44(51(63)89)33-99-98-27-23-45(84)76-41(28-36-16-9-7-10-17-36)52(90)74-31-46(85)73-32-47(86)75-38(20-13-24-70-60(64)65)54(92)82-50(35(4)6-2)59(97)80-43(30-48(87)88)57(95)78-40(55(93)83-49)22-15-26-72-62(68)69/h8,11-12,18-19,34-36,38-44,49-50H,5-7,9-10,13-17,20-33H2,1-4H3,(H2,63,89)(H,73,85)(H,74,90)(H,75,86)(H,76,84)(H,77,94)(H,78,95)(H,79,96)(H,80,97)(H,81,91)(H,82,92)(H,83,93)(H,87,88)(H4,64,65,70)(H4,66,67,71)(H4,68,69,72)/t34?,35?,38-,39+,40-,41-,42-,43-,44-,49-,50-/m0/s1. The zero-order valence-corrected chi connectivity index (χ0v) is 58.4. The first kappa shape index (κ1) is 84.1. The molecule has 0 aromatic heterocycles. The van der Waals surface area contributed by atoms with Crippen molar-refractivity contribution in [1.82, 2.24) is 58.5 Å². The third kappa shape index (κ3) is 33.3. The summed E-state index contributed by atoms with van der Waals surface area (Å²) in [4.78, 5) is 193. The van der Waals surface area contributed by atoms with Crippen LogP contribution in [-0.2, 0) is 68.7 Å². The monoisotopic (exact) mass is 1430 g/mol. The van der Waals surface area contributed by atoms with E-state index in [2.05, 4.69) is 73.5 Å². The highest BCUT2D eigenvalue weighted by molar-refractivity contribution is 8.76. The third-order valence-electron chi connectivity index (χ3n) is 16.5. The predicted molar refractivity (Wildman–Crippen MR) is 374 cm³/mol. The fourth-order valence-electron chi connectivity index (χ4n) is 10.5. The quantitative estimate of drug-likeness (QED) is 0.0214. The molecule has 0 bridgehead atoms. The number of nitrogens with two attached hydrogens (primary N) is 7. The predicted octanol–water partition coefficient (Wildman–Crippen LogP) is -4.21. The first-order valence-corrected chi connectivity index (χ1v) is 35.7. The largest absolute Gasteiger partial charge is 0.481 e. The first-order valence-electron chi connectivity index (χ1n) is 33.2. The van der Waals surface area contributed by atoms with Gasteiger partial charge in [-0.25, -0.2) is 0 Å². The highest BCUT2D eigenvalue weighted by atomic mass is 33.1. The van der Waals surface area contributed by atoms with Crippen molar-refractivity contribution in [2.24, 2.45) is 72.9 Å². The zero-order chi connectivity index (χ0) is 73.6. The van der Waals surface area contributed by atoms with Crippen LogP contribution in [0.15, 0.2) is 45.3 Å². The van der Waals surface area contributed by atoms with Crippen LogP contribution in [0.2, 0.25) is 0 Å². The molecule has 0 radical (unpaired) electrons. The van der Waals surface area contributed by atoms with E-state index in [9.17, 15) is 67.4 Å². The Morgan fingerprint density at radius 1 is 0.505 bits per heavy atom. The Balaban J connectivity index is 2.17. The number of rotatable bonds is 23. The summed E-state index contributed by atoms with van der Waals surface area (Å²) in [6.45, 7) is 5.24. The Morgan fingerprint density at radius 2 is 0.949 bits per heavy atom. The van der Waals surface area contributed by atoms with Gasteiger partial charge in [0.25, 0.3) is 0 Å². The lowest BCUT2D eigenvalue weighted by Gasteiger charge is -2.30. The van der Waals surface area contributed by atoms with E-state index in [0.29, 0.717) is 5.56 Å². The number of carbonyl (C=O) groups is 13. The minimum Gasteiger partial charge on any atom is -0.481 e. The number of aliphatic carboxylic acids is 1. The molecule has 35 nitrogen and oxygen atoms in total. The molecule has 1 aliphatic heterocycles. The van der Waals surface area contributed by atoms with E-state index >= 15 is 0 Å². The van der Waals surface area contributed by atoms with E-state index in [1.807, 2.05) is 0 Å². The Labute approximate surface area is 584 Å². The average Bonchev–Trinajstić information content (AvgIpc) is 1.02. The number of hydrogen-bond acceptors (Lipinski definition) is 18. The summed E-state index contributed by atoms with van der Waals surface area (Å²) in [5, 5.41) is 38.6. The van der Waals surface area contributed by atoms with E-state index in [1.165, 1.54) is 10.8 Å². The average molecular weight is 1430 g/mol. The minimum atomic E-state index is -1.93. The Morgan fingerprint density at radius 3 is 1.43 bits per heavy atom. The number of primary amides is 1. The molecule has 3 rings (SSSR count). The van der Waals surface area contributed by atoms with Gasteiger partial charge in [-0.05, 0) is 68.3 Å². The molecule has 99 heavy (non-hydrogen) atoms. The minimum absolute atomic E-state index is 0.00114. The Bertz CT molecular complexity index is 2970. The molecule has 1 saturated carbocycles. The van der Waals surface area contributed by atoms with Gasteiger partial charge in [0.05, 0.1) is 19.5 Å². The molecule has 1 aromatic carbocycles. The van der Waals surface area contributed by atoms with Gasteiger partial charge in [0.15, 0.2) is 17.9 Å². The molecule has 1 aromatic rings. The van der Waals surface area contributed by atoms with Gasteiger partial charge in [0.2, 0.25) is 70.9 Å². The number of carboxylic acid groups (broad SMARTS) is 1. The summed E-state index contributed by atoms with van der Waals surface area (Å²) < 4.78 is 0. The lowest BCUT2D eigenvalue weighted by molar-refractivity contribution is -0.142. The summed E-state index contributed by atoms with van der Waals surface area (Å²) in [6, 6.07) is -4.63. The molecular weight excluding hydrogens is 1330 g/mol. The molecule has 2 aliphatic rings. The van der Waals surface area contributed by atoms with Crippen molar-refractivity contribution < 1.29 is 67.4 Å². The molecule has 552 valence electrons. The second-order valence-electron chi connectivity index (χ2n) is 24.4.